The van der Waals surface area contributed by atoms with E-state index in [1.807, 2.05) is 19.2 Å². The molecule has 0 unspecified atom stereocenters. The van der Waals surface area contributed by atoms with Crippen molar-refractivity contribution in [3.8, 4) is 5.75 Å². The van der Waals surface area contributed by atoms with E-state index < -0.39 is 0 Å². The van der Waals surface area contributed by atoms with Gasteiger partial charge in [0, 0.05) is 30.1 Å². The van der Waals surface area contributed by atoms with Gasteiger partial charge in [0.15, 0.2) is 5.16 Å². The van der Waals surface area contributed by atoms with E-state index in [1.54, 1.807) is 7.11 Å². The van der Waals surface area contributed by atoms with Crippen molar-refractivity contribution in [2.45, 2.75) is 17.5 Å². The number of hydrogen-bond donors (Lipinski definition) is 2. The van der Waals surface area contributed by atoms with E-state index in [9.17, 15) is 4.79 Å². The third-order valence-corrected chi connectivity index (χ3v) is 3.67. The average Bonchev–Trinajstić information content (AvgIpc) is 2.46. The molecular weight excluding hydrogens is 274 g/mol. The highest BCUT2D eigenvalue weighted by molar-refractivity contribution is 7.98. The van der Waals surface area contributed by atoms with Crippen LogP contribution in [-0.4, -0.2) is 24.1 Å². The molecule has 1 aromatic carbocycles. The van der Waals surface area contributed by atoms with Crippen LogP contribution < -0.4 is 15.6 Å². The van der Waals surface area contributed by atoms with E-state index in [-0.39, 0.29) is 5.56 Å². The van der Waals surface area contributed by atoms with E-state index in [1.165, 1.54) is 29.6 Å². The molecule has 0 atom stereocenters. The van der Waals surface area contributed by atoms with Crippen LogP contribution in [0.2, 0.25) is 0 Å². The van der Waals surface area contributed by atoms with Gasteiger partial charge in [0.2, 0.25) is 0 Å². The van der Waals surface area contributed by atoms with Crippen LogP contribution in [0.15, 0.2) is 40.4 Å². The van der Waals surface area contributed by atoms with Crippen LogP contribution in [-0.2, 0) is 12.3 Å². The third-order valence-electron chi connectivity index (χ3n) is 2.74. The third kappa shape index (κ3) is 3.85. The van der Waals surface area contributed by atoms with Gasteiger partial charge in [0.1, 0.15) is 5.75 Å². The first-order valence-corrected chi connectivity index (χ1v) is 7.20. The Morgan fingerprint density at radius 1 is 1.40 bits per heavy atom. The summed E-state index contributed by atoms with van der Waals surface area (Å²) in [5, 5.41) is 3.73. The molecule has 0 saturated heterocycles. The number of H-pyrrole nitrogens is 1. The fourth-order valence-corrected chi connectivity index (χ4v) is 2.66. The van der Waals surface area contributed by atoms with E-state index in [2.05, 4.69) is 21.4 Å². The Morgan fingerprint density at radius 2 is 2.25 bits per heavy atom. The molecular formula is C14H17N3O2S. The first-order valence-electron chi connectivity index (χ1n) is 6.21. The molecule has 5 nitrogen and oxygen atoms in total. The molecule has 0 radical (unpaired) electrons. The number of thioether (sulfide) groups is 1. The van der Waals surface area contributed by atoms with Gasteiger partial charge in [-0.15, -0.1) is 0 Å². The van der Waals surface area contributed by atoms with Crippen molar-refractivity contribution >= 4 is 11.8 Å². The molecule has 1 aromatic heterocycles. The zero-order valence-corrected chi connectivity index (χ0v) is 12.3. The molecule has 0 aliphatic rings. The maximum absolute atomic E-state index is 11.2. The number of aromatic nitrogens is 2. The van der Waals surface area contributed by atoms with Crippen LogP contribution in [0, 0.1) is 0 Å². The van der Waals surface area contributed by atoms with Crippen LogP contribution >= 0.6 is 11.8 Å². The predicted octanol–water partition coefficient (Wildman–Crippen LogP) is 1.79. The Bertz CT molecular complexity index is 628. The number of rotatable bonds is 6. The lowest BCUT2D eigenvalue weighted by atomic mass is 10.1. The number of nitrogens with one attached hydrogen (secondary N) is 2. The SMILES string of the molecule is CNCc1ccc(OC)c(CSc2nccc(=O)[nH]2)c1. The van der Waals surface area contributed by atoms with Crippen LogP contribution in [0.25, 0.3) is 0 Å². The number of benzene rings is 1. The highest BCUT2D eigenvalue weighted by Crippen LogP contribution is 2.26. The lowest BCUT2D eigenvalue weighted by Gasteiger charge is -2.10. The van der Waals surface area contributed by atoms with Gasteiger partial charge in [-0.1, -0.05) is 17.8 Å². The Hall–Kier alpha value is -1.79. The van der Waals surface area contributed by atoms with Crippen molar-refractivity contribution in [2.24, 2.45) is 0 Å². The van der Waals surface area contributed by atoms with E-state index >= 15 is 0 Å². The summed E-state index contributed by atoms with van der Waals surface area (Å²) in [7, 11) is 3.57. The second kappa shape index (κ2) is 7.12. The monoisotopic (exact) mass is 291 g/mol. The Labute approximate surface area is 121 Å². The topological polar surface area (TPSA) is 67.0 Å². The van der Waals surface area contributed by atoms with Gasteiger partial charge in [-0.05, 0) is 24.7 Å². The Balaban J connectivity index is 2.14. The molecule has 2 aromatic rings. The fourth-order valence-electron chi connectivity index (χ4n) is 1.83. The van der Waals surface area contributed by atoms with E-state index in [0.717, 1.165) is 17.9 Å². The van der Waals surface area contributed by atoms with Crippen molar-refractivity contribution in [1.29, 1.82) is 0 Å². The maximum atomic E-state index is 11.2. The van der Waals surface area contributed by atoms with Crippen molar-refractivity contribution in [3.05, 3.63) is 51.9 Å². The van der Waals surface area contributed by atoms with Crippen molar-refractivity contribution in [2.75, 3.05) is 14.2 Å². The molecule has 106 valence electrons. The number of aromatic amines is 1. The van der Waals surface area contributed by atoms with Crippen LogP contribution in [0.1, 0.15) is 11.1 Å². The lowest BCUT2D eigenvalue weighted by Crippen LogP contribution is -2.06. The van der Waals surface area contributed by atoms with Gasteiger partial charge < -0.3 is 15.0 Å². The Morgan fingerprint density at radius 3 is 2.95 bits per heavy atom. The first kappa shape index (κ1) is 14.6. The summed E-state index contributed by atoms with van der Waals surface area (Å²) in [5.74, 6) is 1.53. The minimum Gasteiger partial charge on any atom is -0.496 e. The first-order chi connectivity index (χ1) is 9.72. The predicted molar refractivity (Wildman–Crippen MR) is 80.2 cm³/mol. The summed E-state index contributed by atoms with van der Waals surface area (Å²) >= 11 is 1.48. The summed E-state index contributed by atoms with van der Waals surface area (Å²) < 4.78 is 5.36. The van der Waals surface area contributed by atoms with Gasteiger partial charge in [-0.25, -0.2) is 4.98 Å². The molecule has 0 fully saturated rings. The second-order valence-electron chi connectivity index (χ2n) is 4.20. The lowest BCUT2D eigenvalue weighted by molar-refractivity contribution is 0.411. The van der Waals surface area contributed by atoms with Crippen LogP contribution in [0.3, 0.4) is 0 Å². The van der Waals surface area contributed by atoms with E-state index in [0.29, 0.717) is 10.9 Å². The van der Waals surface area contributed by atoms with Gasteiger partial charge in [-0.3, -0.25) is 4.79 Å². The van der Waals surface area contributed by atoms with Gasteiger partial charge >= 0.3 is 0 Å². The summed E-state index contributed by atoms with van der Waals surface area (Å²) in [5.41, 5.74) is 2.13. The quantitative estimate of drug-likeness (QED) is 0.627. The number of methoxy groups -OCH3 is 1. The average molecular weight is 291 g/mol. The van der Waals surface area contributed by atoms with E-state index in [4.69, 9.17) is 4.74 Å². The number of nitrogens with zero attached hydrogens (tertiary/aromatic N) is 1. The minimum absolute atomic E-state index is 0.140. The maximum Gasteiger partial charge on any atom is 0.251 e. The molecule has 1 heterocycles. The molecule has 0 aliphatic heterocycles. The zero-order chi connectivity index (χ0) is 14.4. The minimum atomic E-state index is -0.140. The Kier molecular flexibility index (Phi) is 5.20. The van der Waals surface area contributed by atoms with Crippen LogP contribution in [0.4, 0.5) is 0 Å². The summed E-state index contributed by atoms with van der Waals surface area (Å²) in [6, 6.07) is 7.50. The van der Waals surface area contributed by atoms with Crippen molar-refractivity contribution in [3.63, 3.8) is 0 Å². The van der Waals surface area contributed by atoms with Gasteiger partial charge in [-0.2, -0.15) is 0 Å². The smallest absolute Gasteiger partial charge is 0.251 e. The second-order valence-corrected chi connectivity index (χ2v) is 5.17. The largest absolute Gasteiger partial charge is 0.496 e. The summed E-state index contributed by atoms with van der Waals surface area (Å²) in [4.78, 5) is 18.0. The molecule has 0 spiro atoms. The molecule has 0 saturated carbocycles. The summed E-state index contributed by atoms with van der Waals surface area (Å²) in [6.45, 7) is 0.808. The fraction of sp³-hybridized carbons (Fsp3) is 0.286. The van der Waals surface area contributed by atoms with Gasteiger partial charge in [0.25, 0.3) is 5.56 Å². The summed E-state index contributed by atoms with van der Waals surface area (Å²) in [6.07, 6.45) is 1.51. The molecule has 2 rings (SSSR count). The standard InChI is InChI=1S/C14H17N3O2S/c1-15-8-10-3-4-12(19-2)11(7-10)9-20-14-16-6-5-13(18)17-14/h3-7,15H,8-9H2,1-2H3,(H,16,17,18). The zero-order valence-electron chi connectivity index (χ0n) is 11.5. The van der Waals surface area contributed by atoms with Gasteiger partial charge in [0.05, 0.1) is 7.11 Å². The number of hydrogen-bond acceptors (Lipinski definition) is 5. The molecule has 0 aliphatic carbocycles. The molecule has 0 bridgehead atoms. The normalized spacial score (nSPS) is 10.5. The molecule has 6 heteroatoms. The molecule has 2 N–H and O–H groups in total. The number of ether oxygens (including phenoxy) is 1. The van der Waals surface area contributed by atoms with Crippen molar-refractivity contribution in [1.82, 2.24) is 15.3 Å². The molecule has 20 heavy (non-hydrogen) atoms. The van der Waals surface area contributed by atoms with Crippen molar-refractivity contribution < 1.29 is 4.74 Å². The van der Waals surface area contributed by atoms with Crippen LogP contribution in [0.5, 0.6) is 5.75 Å². The highest BCUT2D eigenvalue weighted by atomic mass is 32.2. The highest BCUT2D eigenvalue weighted by Gasteiger charge is 2.06. The molecule has 0 amide bonds.